The molecule has 2 atom stereocenters. The van der Waals surface area contributed by atoms with Gasteiger partial charge in [0, 0.05) is 11.3 Å². The lowest BCUT2D eigenvalue weighted by Gasteiger charge is -2.27. The van der Waals surface area contributed by atoms with E-state index in [1.54, 1.807) is 0 Å². The molecular weight excluding hydrogens is 292 g/mol. The minimum atomic E-state index is 0.194. The van der Waals surface area contributed by atoms with Crippen molar-refractivity contribution in [1.82, 2.24) is 5.32 Å². The number of rotatable bonds is 4. The molecule has 0 bridgehead atoms. The number of carbonyl (C=O) groups excluding carboxylic acids is 1. The minimum Gasteiger partial charge on any atom is -0.317 e. The number of nitrogens with one attached hydrogen (secondary N) is 2. The summed E-state index contributed by atoms with van der Waals surface area (Å²) in [6.07, 6.45) is 8.13. The predicted molar refractivity (Wildman–Crippen MR) is 93.7 cm³/mol. The molecule has 1 aliphatic heterocycles. The van der Waals surface area contributed by atoms with Gasteiger partial charge in [-0.2, -0.15) is 0 Å². The van der Waals surface area contributed by atoms with Gasteiger partial charge in [0.2, 0.25) is 5.91 Å². The maximum Gasteiger partial charge on any atom is 0.225 e. The lowest BCUT2D eigenvalue weighted by Crippen LogP contribution is -2.34. The average molecular weight is 321 g/mol. The molecule has 3 nitrogen and oxygen atoms in total. The van der Waals surface area contributed by atoms with Gasteiger partial charge in [-0.1, -0.05) is 6.92 Å². The number of aryl methyl sites for hydroxylation is 1. The zero-order chi connectivity index (χ0) is 15.5. The number of piperidine rings is 1. The number of amides is 1. The third-order valence-corrected chi connectivity index (χ3v) is 6.65. The first kappa shape index (κ1) is 16.0. The van der Waals surface area contributed by atoms with Crippen molar-refractivity contribution in [2.45, 2.75) is 58.8 Å². The Kier molecular flexibility index (Phi) is 5.19. The fourth-order valence-electron chi connectivity index (χ4n) is 3.84. The van der Waals surface area contributed by atoms with E-state index in [1.165, 1.54) is 54.5 Å². The summed E-state index contributed by atoms with van der Waals surface area (Å²) in [6, 6.07) is 0. The van der Waals surface area contributed by atoms with Gasteiger partial charge in [0.25, 0.3) is 0 Å². The largest absolute Gasteiger partial charge is 0.317 e. The topological polar surface area (TPSA) is 41.1 Å². The summed E-state index contributed by atoms with van der Waals surface area (Å²) in [5.74, 6) is 1.31. The van der Waals surface area contributed by atoms with Crippen molar-refractivity contribution in [2.24, 2.45) is 11.8 Å². The van der Waals surface area contributed by atoms with Crippen molar-refractivity contribution >= 4 is 22.2 Å². The van der Waals surface area contributed by atoms with Crippen LogP contribution in [0, 0.1) is 18.8 Å². The van der Waals surface area contributed by atoms with E-state index in [2.05, 4.69) is 24.5 Å². The predicted octanol–water partition coefficient (Wildman–Crippen LogP) is 3.90. The first-order chi connectivity index (χ1) is 10.6. The van der Waals surface area contributed by atoms with Gasteiger partial charge in [0.1, 0.15) is 0 Å². The second-order valence-corrected chi connectivity index (χ2v) is 8.11. The number of fused-ring (bicyclic) bond motifs is 1. The molecule has 1 saturated heterocycles. The summed E-state index contributed by atoms with van der Waals surface area (Å²) in [4.78, 5) is 13.9. The Morgan fingerprint density at radius 2 is 2.18 bits per heavy atom. The van der Waals surface area contributed by atoms with E-state index in [4.69, 9.17) is 0 Å². The molecule has 1 fully saturated rings. The normalized spacial score (nSPS) is 22.9. The highest BCUT2D eigenvalue weighted by atomic mass is 32.1. The molecule has 1 aromatic heterocycles. The van der Waals surface area contributed by atoms with E-state index in [0.717, 1.165) is 18.1 Å². The maximum atomic E-state index is 12.4. The van der Waals surface area contributed by atoms with Crippen LogP contribution in [-0.4, -0.2) is 19.0 Å². The van der Waals surface area contributed by atoms with E-state index in [9.17, 15) is 4.79 Å². The Balaban J connectivity index is 1.58. The van der Waals surface area contributed by atoms with E-state index in [1.807, 2.05) is 11.3 Å². The van der Waals surface area contributed by atoms with Crippen LogP contribution in [0.3, 0.4) is 0 Å². The summed E-state index contributed by atoms with van der Waals surface area (Å²) in [7, 11) is 0. The first-order valence-corrected chi connectivity index (χ1v) is 9.58. The van der Waals surface area contributed by atoms with Gasteiger partial charge in [-0.05, 0) is 81.5 Å². The molecule has 2 heterocycles. The van der Waals surface area contributed by atoms with Crippen molar-refractivity contribution < 1.29 is 4.79 Å². The molecule has 0 radical (unpaired) electrons. The molecule has 2 aliphatic rings. The van der Waals surface area contributed by atoms with Gasteiger partial charge in [0.05, 0.1) is 5.00 Å². The van der Waals surface area contributed by atoms with Crippen molar-refractivity contribution in [3.8, 4) is 0 Å². The second kappa shape index (κ2) is 7.14. The summed E-state index contributed by atoms with van der Waals surface area (Å²) in [6.45, 7) is 6.60. The molecule has 2 unspecified atom stereocenters. The smallest absolute Gasteiger partial charge is 0.225 e. The average Bonchev–Trinajstić information content (AvgIpc) is 2.84. The Bertz CT molecular complexity index is 531. The van der Waals surface area contributed by atoms with E-state index < -0.39 is 0 Å². The molecule has 0 aromatic carbocycles. The fourth-order valence-corrected chi connectivity index (χ4v) is 5.16. The summed E-state index contributed by atoms with van der Waals surface area (Å²) in [5, 5.41) is 7.75. The van der Waals surface area contributed by atoms with Crippen LogP contribution in [0.4, 0.5) is 5.00 Å². The third-order valence-electron chi connectivity index (χ3n) is 5.34. The SMILES string of the molecule is Cc1c(NC(=O)CC(C)C2CCCNC2)sc2c1CCCC2. The van der Waals surface area contributed by atoms with E-state index in [0.29, 0.717) is 18.3 Å². The molecule has 1 amide bonds. The van der Waals surface area contributed by atoms with Gasteiger partial charge in [0.15, 0.2) is 0 Å². The summed E-state index contributed by atoms with van der Waals surface area (Å²) in [5.41, 5.74) is 2.83. The standard InChI is InChI=1S/C18H28N2OS/c1-12(14-6-5-9-19-11-14)10-17(21)20-18-13(2)15-7-3-4-8-16(15)22-18/h12,14,19H,3-11H2,1-2H3,(H,20,21). The molecule has 3 rings (SSSR count). The molecule has 2 N–H and O–H groups in total. The van der Waals surface area contributed by atoms with Crippen LogP contribution in [0.15, 0.2) is 0 Å². The Morgan fingerprint density at radius 3 is 2.91 bits per heavy atom. The maximum absolute atomic E-state index is 12.4. The van der Waals surface area contributed by atoms with Crippen molar-refractivity contribution in [3.63, 3.8) is 0 Å². The van der Waals surface area contributed by atoms with Gasteiger partial charge < -0.3 is 10.6 Å². The summed E-state index contributed by atoms with van der Waals surface area (Å²) >= 11 is 1.81. The van der Waals surface area contributed by atoms with Crippen LogP contribution < -0.4 is 10.6 Å². The first-order valence-electron chi connectivity index (χ1n) is 8.77. The second-order valence-electron chi connectivity index (χ2n) is 7.00. The quantitative estimate of drug-likeness (QED) is 0.883. The van der Waals surface area contributed by atoms with Gasteiger partial charge in [-0.25, -0.2) is 0 Å². The Morgan fingerprint density at radius 1 is 1.36 bits per heavy atom. The van der Waals surface area contributed by atoms with Crippen molar-refractivity contribution in [1.29, 1.82) is 0 Å². The van der Waals surface area contributed by atoms with Gasteiger partial charge in [-0.3, -0.25) is 4.79 Å². The lowest BCUT2D eigenvalue weighted by atomic mass is 9.85. The molecule has 1 aromatic rings. The Hall–Kier alpha value is -0.870. The fraction of sp³-hybridized carbons (Fsp3) is 0.722. The van der Waals surface area contributed by atoms with Crippen molar-refractivity contribution in [3.05, 3.63) is 16.0 Å². The minimum absolute atomic E-state index is 0.194. The molecule has 1 aliphatic carbocycles. The third kappa shape index (κ3) is 3.54. The zero-order valence-corrected chi connectivity index (χ0v) is 14.7. The van der Waals surface area contributed by atoms with Crippen LogP contribution >= 0.6 is 11.3 Å². The van der Waals surface area contributed by atoms with E-state index in [-0.39, 0.29) is 5.91 Å². The van der Waals surface area contributed by atoms with Crippen molar-refractivity contribution in [2.75, 3.05) is 18.4 Å². The number of carbonyl (C=O) groups is 1. The van der Waals surface area contributed by atoms with Crippen LogP contribution in [0.5, 0.6) is 0 Å². The molecule has 0 saturated carbocycles. The van der Waals surface area contributed by atoms with Crippen LogP contribution in [0.1, 0.15) is 55.0 Å². The lowest BCUT2D eigenvalue weighted by molar-refractivity contribution is -0.117. The molecule has 0 spiro atoms. The molecular formula is C18H28N2OS. The summed E-state index contributed by atoms with van der Waals surface area (Å²) < 4.78 is 0. The van der Waals surface area contributed by atoms with Gasteiger partial charge in [-0.15, -0.1) is 11.3 Å². The zero-order valence-electron chi connectivity index (χ0n) is 13.8. The highest BCUT2D eigenvalue weighted by Gasteiger charge is 2.23. The molecule has 4 heteroatoms. The van der Waals surface area contributed by atoms with Crippen LogP contribution in [-0.2, 0) is 17.6 Å². The monoisotopic (exact) mass is 320 g/mol. The highest BCUT2D eigenvalue weighted by molar-refractivity contribution is 7.16. The van der Waals surface area contributed by atoms with E-state index >= 15 is 0 Å². The number of hydrogen-bond acceptors (Lipinski definition) is 3. The van der Waals surface area contributed by atoms with Crippen LogP contribution in [0.25, 0.3) is 0 Å². The number of anilines is 1. The number of hydrogen-bond donors (Lipinski definition) is 2. The molecule has 22 heavy (non-hydrogen) atoms. The number of thiophene rings is 1. The highest BCUT2D eigenvalue weighted by Crippen LogP contribution is 2.37. The Labute approximate surface area is 137 Å². The van der Waals surface area contributed by atoms with Gasteiger partial charge >= 0.3 is 0 Å². The molecule has 122 valence electrons. The van der Waals surface area contributed by atoms with Crippen LogP contribution in [0.2, 0.25) is 0 Å².